The van der Waals surface area contributed by atoms with Gasteiger partial charge in [-0.1, -0.05) is 12.1 Å². The van der Waals surface area contributed by atoms with Crippen LogP contribution in [0.2, 0.25) is 0 Å². The molecule has 1 aliphatic heterocycles. The molecule has 2 aromatic carbocycles. The first-order valence-electron chi connectivity index (χ1n) is 12.0. The van der Waals surface area contributed by atoms with E-state index in [9.17, 15) is 9.90 Å². The van der Waals surface area contributed by atoms with E-state index in [1.165, 1.54) is 10.6 Å². The number of halogens is 1. The number of hydrogen-bond donors (Lipinski definition) is 2. The number of aromatic amines is 1. The van der Waals surface area contributed by atoms with Crippen LogP contribution in [0.4, 0.5) is 10.1 Å². The highest BCUT2D eigenvalue weighted by atomic mass is 19.1. The maximum atomic E-state index is 15.3. The standard InChI is InChI=1S/C26H32FN5O2/c1-16-12-20(30(2)3)7-8-21(16)19-6-9-23(22(27)14-19)32-24(28-29-26(32)34)13-17-10-11-31(15-17)25(33)18-4-5-18/h6-9,12,14,17-18,25,33H,4-5,10-11,13,15H2,1-3H3,(H,29,34)/t17-,25?/m0/s1. The van der Waals surface area contributed by atoms with Gasteiger partial charge < -0.3 is 10.0 Å². The van der Waals surface area contributed by atoms with E-state index < -0.39 is 11.5 Å². The predicted molar refractivity (Wildman–Crippen MR) is 131 cm³/mol. The van der Waals surface area contributed by atoms with Crippen molar-refractivity contribution in [2.75, 3.05) is 32.1 Å². The molecule has 2 aliphatic rings. The lowest BCUT2D eigenvalue weighted by atomic mass is 9.99. The number of aromatic nitrogens is 3. The molecule has 34 heavy (non-hydrogen) atoms. The average Bonchev–Trinajstić information content (AvgIpc) is 3.46. The fraction of sp³-hybridized carbons (Fsp3) is 0.462. The Balaban J connectivity index is 1.38. The summed E-state index contributed by atoms with van der Waals surface area (Å²) in [6, 6.07) is 11.1. The van der Waals surface area contributed by atoms with Gasteiger partial charge in [-0.05, 0) is 79.0 Å². The van der Waals surface area contributed by atoms with E-state index >= 15 is 4.39 Å². The van der Waals surface area contributed by atoms with Crippen LogP contribution in [0.15, 0.2) is 41.2 Å². The molecule has 3 aromatic rings. The number of nitrogens with zero attached hydrogens (tertiary/aromatic N) is 4. The van der Waals surface area contributed by atoms with E-state index in [0.29, 0.717) is 18.2 Å². The van der Waals surface area contributed by atoms with Gasteiger partial charge in [-0.2, -0.15) is 5.10 Å². The Hall–Kier alpha value is -2.97. The number of hydrogen-bond acceptors (Lipinski definition) is 5. The van der Waals surface area contributed by atoms with Crippen molar-refractivity contribution >= 4 is 5.69 Å². The lowest BCUT2D eigenvalue weighted by molar-refractivity contribution is 0.000392. The largest absolute Gasteiger partial charge is 0.378 e. The van der Waals surface area contributed by atoms with Crippen LogP contribution in [0.5, 0.6) is 0 Å². The smallest absolute Gasteiger partial charge is 0.348 e. The SMILES string of the molecule is Cc1cc(N(C)C)ccc1-c1ccc(-n2c(C[C@@H]3CCN(C(O)C4CC4)C3)n[nH]c2=O)c(F)c1. The van der Waals surface area contributed by atoms with Gasteiger partial charge in [0.1, 0.15) is 17.9 Å². The summed E-state index contributed by atoms with van der Waals surface area (Å²) in [6.07, 6.45) is 3.30. The second-order valence-corrected chi connectivity index (χ2v) is 9.95. The van der Waals surface area contributed by atoms with Crippen molar-refractivity contribution in [3.63, 3.8) is 0 Å². The van der Waals surface area contributed by atoms with E-state index in [1.807, 2.05) is 44.1 Å². The van der Waals surface area contributed by atoms with E-state index in [0.717, 1.165) is 54.7 Å². The maximum absolute atomic E-state index is 15.3. The molecule has 2 heterocycles. The van der Waals surface area contributed by atoms with Gasteiger partial charge in [0.2, 0.25) is 0 Å². The molecular formula is C26H32FN5O2. The normalized spacial score (nSPS) is 19.5. The Kier molecular flexibility index (Phi) is 6.04. The first kappa shape index (κ1) is 22.8. The Bertz CT molecular complexity index is 1250. The van der Waals surface area contributed by atoms with E-state index in [4.69, 9.17) is 0 Å². The van der Waals surface area contributed by atoms with Gasteiger partial charge in [0, 0.05) is 39.3 Å². The number of benzene rings is 2. The molecule has 1 aliphatic carbocycles. The monoisotopic (exact) mass is 465 g/mol. The molecule has 1 aromatic heterocycles. The average molecular weight is 466 g/mol. The van der Waals surface area contributed by atoms with Crippen LogP contribution >= 0.6 is 0 Å². The van der Waals surface area contributed by atoms with Crippen molar-refractivity contribution in [2.45, 2.75) is 38.8 Å². The van der Waals surface area contributed by atoms with Gasteiger partial charge in [-0.15, -0.1) is 0 Å². The van der Waals surface area contributed by atoms with Crippen molar-refractivity contribution in [3.05, 3.63) is 64.1 Å². The molecule has 0 bridgehead atoms. The number of aliphatic hydroxyl groups is 1. The number of anilines is 1. The zero-order valence-electron chi connectivity index (χ0n) is 20.0. The minimum Gasteiger partial charge on any atom is -0.378 e. The third-order valence-electron chi connectivity index (χ3n) is 7.17. The third kappa shape index (κ3) is 4.40. The first-order valence-corrected chi connectivity index (χ1v) is 12.0. The Labute approximate surface area is 198 Å². The third-order valence-corrected chi connectivity index (χ3v) is 7.17. The first-order chi connectivity index (χ1) is 16.3. The highest BCUT2D eigenvalue weighted by molar-refractivity contribution is 5.71. The van der Waals surface area contributed by atoms with Crippen LogP contribution in [0, 0.1) is 24.6 Å². The molecule has 5 rings (SSSR count). The van der Waals surface area contributed by atoms with Crippen molar-refractivity contribution < 1.29 is 9.50 Å². The number of H-pyrrole nitrogens is 1. The van der Waals surface area contributed by atoms with Crippen LogP contribution in [0.25, 0.3) is 16.8 Å². The summed E-state index contributed by atoms with van der Waals surface area (Å²) in [4.78, 5) is 16.7. The lowest BCUT2D eigenvalue weighted by Gasteiger charge is -2.22. The summed E-state index contributed by atoms with van der Waals surface area (Å²) in [5.41, 5.74) is 3.62. The number of rotatable bonds is 7. The second kappa shape index (κ2) is 9.00. The van der Waals surface area contributed by atoms with Crippen molar-refractivity contribution in [3.8, 4) is 16.8 Å². The zero-order valence-corrected chi connectivity index (χ0v) is 20.0. The van der Waals surface area contributed by atoms with Gasteiger partial charge in [0.25, 0.3) is 0 Å². The zero-order chi connectivity index (χ0) is 24.0. The molecule has 2 N–H and O–H groups in total. The summed E-state index contributed by atoms with van der Waals surface area (Å²) in [5.74, 6) is 0.728. The molecule has 1 unspecified atom stereocenters. The van der Waals surface area contributed by atoms with Crippen LogP contribution in [-0.4, -0.2) is 58.2 Å². The number of aliphatic hydroxyl groups excluding tert-OH is 1. The van der Waals surface area contributed by atoms with Crippen molar-refractivity contribution in [1.82, 2.24) is 19.7 Å². The number of nitrogens with one attached hydrogen (secondary N) is 1. The van der Waals surface area contributed by atoms with Crippen molar-refractivity contribution in [2.24, 2.45) is 11.8 Å². The maximum Gasteiger partial charge on any atom is 0.348 e. The summed E-state index contributed by atoms with van der Waals surface area (Å²) >= 11 is 0. The summed E-state index contributed by atoms with van der Waals surface area (Å²) in [6.45, 7) is 3.62. The predicted octanol–water partition coefficient (Wildman–Crippen LogP) is 3.33. The second-order valence-electron chi connectivity index (χ2n) is 9.95. The van der Waals surface area contributed by atoms with Gasteiger partial charge in [0.15, 0.2) is 0 Å². The fourth-order valence-electron chi connectivity index (χ4n) is 5.04. The number of likely N-dealkylation sites (tertiary alicyclic amines) is 1. The lowest BCUT2D eigenvalue weighted by Crippen LogP contribution is -2.35. The van der Waals surface area contributed by atoms with E-state index in [1.54, 1.807) is 6.07 Å². The Morgan fingerprint density at radius 3 is 2.68 bits per heavy atom. The van der Waals surface area contributed by atoms with Crippen LogP contribution in [-0.2, 0) is 6.42 Å². The quantitative estimate of drug-likeness (QED) is 0.560. The van der Waals surface area contributed by atoms with Gasteiger partial charge in [0.05, 0.1) is 5.69 Å². The molecule has 7 nitrogen and oxygen atoms in total. The van der Waals surface area contributed by atoms with E-state index in [-0.39, 0.29) is 17.8 Å². The van der Waals surface area contributed by atoms with Crippen molar-refractivity contribution in [1.29, 1.82) is 0 Å². The molecule has 2 fully saturated rings. The summed E-state index contributed by atoms with van der Waals surface area (Å²) in [7, 11) is 3.98. The summed E-state index contributed by atoms with van der Waals surface area (Å²) in [5, 5.41) is 17.1. The molecule has 1 saturated carbocycles. The van der Waals surface area contributed by atoms with Gasteiger partial charge in [-0.25, -0.2) is 18.9 Å². The number of aryl methyl sites for hydroxylation is 1. The fourth-order valence-corrected chi connectivity index (χ4v) is 5.04. The van der Waals surface area contributed by atoms with Gasteiger partial charge in [-0.3, -0.25) is 4.90 Å². The Morgan fingerprint density at radius 1 is 1.21 bits per heavy atom. The molecule has 0 spiro atoms. The molecule has 8 heteroatoms. The van der Waals surface area contributed by atoms with E-state index in [2.05, 4.69) is 21.2 Å². The Morgan fingerprint density at radius 2 is 2.00 bits per heavy atom. The van der Waals surface area contributed by atoms with Crippen LogP contribution in [0.3, 0.4) is 0 Å². The summed E-state index contributed by atoms with van der Waals surface area (Å²) < 4.78 is 16.7. The molecule has 2 atom stereocenters. The topological polar surface area (TPSA) is 77.4 Å². The molecule has 1 saturated heterocycles. The molecule has 180 valence electrons. The van der Waals surface area contributed by atoms with Crippen LogP contribution < -0.4 is 10.6 Å². The minimum absolute atomic E-state index is 0.202. The molecule has 0 radical (unpaired) electrons. The van der Waals surface area contributed by atoms with Gasteiger partial charge >= 0.3 is 5.69 Å². The molecule has 0 amide bonds. The van der Waals surface area contributed by atoms with Crippen LogP contribution in [0.1, 0.15) is 30.7 Å². The minimum atomic E-state index is -0.462. The highest BCUT2D eigenvalue weighted by Crippen LogP contribution is 2.36. The molecular weight excluding hydrogens is 433 g/mol. The highest BCUT2D eigenvalue weighted by Gasteiger charge is 2.37.